The molecule has 22 heavy (non-hydrogen) atoms. The van der Waals surface area contributed by atoms with E-state index in [0.717, 1.165) is 5.56 Å². The van der Waals surface area contributed by atoms with Crippen molar-refractivity contribution in [1.29, 1.82) is 0 Å². The van der Waals surface area contributed by atoms with Crippen LogP contribution in [-0.4, -0.2) is 24.4 Å². The summed E-state index contributed by atoms with van der Waals surface area (Å²) in [6.07, 6.45) is -0.682. The molecule has 5 N–H and O–H groups in total. The quantitative estimate of drug-likeness (QED) is 0.701. The van der Waals surface area contributed by atoms with E-state index in [0.29, 0.717) is 22.5 Å². The Morgan fingerprint density at radius 3 is 2.73 bits per heavy atom. The summed E-state index contributed by atoms with van der Waals surface area (Å²) in [6.45, 7) is 0.922. The van der Waals surface area contributed by atoms with Crippen molar-refractivity contribution in [3.05, 3.63) is 58.3 Å². The van der Waals surface area contributed by atoms with Gasteiger partial charge in [0, 0.05) is 23.2 Å². The first-order valence-electron chi connectivity index (χ1n) is 6.91. The van der Waals surface area contributed by atoms with E-state index in [1.54, 1.807) is 6.07 Å². The molecule has 2 aromatic rings. The maximum absolute atomic E-state index is 13.5. The monoisotopic (exact) mass is 369 g/mol. The molecule has 0 aliphatic heterocycles. The fraction of sp³-hybridized carbons (Fsp3) is 0.250. The molecule has 0 bridgehead atoms. The highest BCUT2D eigenvalue weighted by atomic mass is 79.9. The minimum atomic E-state index is -0.682. The second-order valence-electron chi connectivity index (χ2n) is 4.96. The third-order valence-corrected chi connectivity index (χ3v) is 3.74. The Bertz CT molecular complexity index is 611. The van der Waals surface area contributed by atoms with Crippen LogP contribution in [0.2, 0.25) is 0 Å². The van der Waals surface area contributed by atoms with E-state index in [2.05, 4.69) is 27.0 Å². The Labute approximate surface area is 137 Å². The fourth-order valence-electron chi connectivity index (χ4n) is 1.90. The summed E-state index contributed by atoms with van der Waals surface area (Å²) < 4.78 is 19.6. The zero-order valence-electron chi connectivity index (χ0n) is 12.1. The molecule has 0 radical (unpaired) electrons. The topological polar surface area (TPSA) is 69.1 Å². The molecule has 0 heterocycles. The molecular weight excluding hydrogens is 351 g/mol. The van der Waals surface area contributed by atoms with Crippen LogP contribution >= 0.6 is 15.9 Å². The summed E-state index contributed by atoms with van der Waals surface area (Å²) in [5.74, 6) is -0.388. The van der Waals surface area contributed by atoms with Crippen molar-refractivity contribution in [3.8, 4) is 0 Å². The van der Waals surface area contributed by atoms with Crippen molar-refractivity contribution in [2.24, 2.45) is 0 Å². The second kappa shape index (κ2) is 8.24. The van der Waals surface area contributed by atoms with Gasteiger partial charge in [0.2, 0.25) is 0 Å². The van der Waals surface area contributed by atoms with Gasteiger partial charge in [-0.05, 0) is 21.5 Å². The Balaban J connectivity index is 1.76. The van der Waals surface area contributed by atoms with E-state index in [1.807, 2.05) is 30.3 Å². The van der Waals surface area contributed by atoms with Gasteiger partial charge in [0.15, 0.2) is 11.5 Å². The summed E-state index contributed by atoms with van der Waals surface area (Å²) in [6, 6.07) is 12.7. The molecule has 0 aliphatic carbocycles. The van der Waals surface area contributed by atoms with Gasteiger partial charge in [-0.3, -0.25) is 0 Å². The summed E-state index contributed by atoms with van der Waals surface area (Å²) in [5, 5.41) is 12.9. The molecule has 0 unspecified atom stereocenters. The second-order valence-corrected chi connectivity index (χ2v) is 5.81. The Morgan fingerprint density at radius 2 is 2.00 bits per heavy atom. The van der Waals surface area contributed by atoms with Crippen LogP contribution in [0.1, 0.15) is 5.56 Å². The van der Waals surface area contributed by atoms with Crippen molar-refractivity contribution < 1.29 is 20.0 Å². The molecule has 0 fully saturated rings. The third kappa shape index (κ3) is 5.06. The molecular formula is C16H19BrFN2O2+. The van der Waals surface area contributed by atoms with Crippen LogP contribution in [0.5, 0.6) is 0 Å². The predicted molar refractivity (Wildman–Crippen MR) is 87.2 cm³/mol. The molecule has 6 heteroatoms. The summed E-state index contributed by atoms with van der Waals surface area (Å²) in [4.78, 5) is 0. The van der Waals surface area contributed by atoms with Gasteiger partial charge in [-0.1, -0.05) is 30.3 Å². The van der Waals surface area contributed by atoms with E-state index >= 15 is 0 Å². The summed E-state index contributed by atoms with van der Waals surface area (Å²) >= 11 is 3.33. The normalized spacial score (nSPS) is 12.2. The number of hydrogen-bond acceptors (Lipinski definition) is 3. The first-order valence-corrected chi connectivity index (χ1v) is 7.70. The molecule has 0 saturated heterocycles. The van der Waals surface area contributed by atoms with Crippen LogP contribution in [0.25, 0.3) is 0 Å². The van der Waals surface area contributed by atoms with Gasteiger partial charge >= 0.3 is 0 Å². The number of hydrogen-bond donors (Lipinski definition) is 3. The van der Waals surface area contributed by atoms with E-state index in [1.165, 1.54) is 6.07 Å². The van der Waals surface area contributed by atoms with Gasteiger partial charge in [-0.25, -0.2) is 4.39 Å². The molecule has 0 amide bonds. The van der Waals surface area contributed by atoms with E-state index in [9.17, 15) is 9.50 Å². The number of ether oxygens (including phenoxy) is 1. The molecule has 2 aromatic carbocycles. The molecule has 118 valence electrons. The third-order valence-electron chi connectivity index (χ3n) is 3.09. The SMILES string of the molecule is [NH3+]c1cc(Br)c(NC[C@@H](O)COCc2ccccc2)cc1F. The largest absolute Gasteiger partial charge is 0.389 e. The number of anilines is 1. The van der Waals surface area contributed by atoms with Crippen molar-refractivity contribution in [3.63, 3.8) is 0 Å². The van der Waals surface area contributed by atoms with Crippen LogP contribution in [0, 0.1) is 5.82 Å². The van der Waals surface area contributed by atoms with Crippen molar-refractivity contribution in [2.75, 3.05) is 18.5 Å². The number of quaternary nitrogens is 1. The van der Waals surface area contributed by atoms with Crippen molar-refractivity contribution in [1.82, 2.24) is 0 Å². The lowest BCUT2D eigenvalue weighted by atomic mass is 10.2. The molecule has 0 aliphatic rings. The molecule has 1 atom stereocenters. The Kier molecular flexibility index (Phi) is 6.33. The maximum atomic E-state index is 13.5. The number of nitrogens with one attached hydrogen (secondary N) is 1. The van der Waals surface area contributed by atoms with Gasteiger partial charge < -0.3 is 20.9 Å². The smallest absolute Gasteiger partial charge is 0.185 e. The average molecular weight is 370 g/mol. The van der Waals surface area contributed by atoms with Crippen molar-refractivity contribution >= 4 is 27.3 Å². The molecule has 0 aromatic heterocycles. The van der Waals surface area contributed by atoms with Gasteiger partial charge in [-0.2, -0.15) is 0 Å². The average Bonchev–Trinajstić information content (AvgIpc) is 2.50. The van der Waals surface area contributed by atoms with Gasteiger partial charge in [-0.15, -0.1) is 0 Å². The lowest BCUT2D eigenvalue weighted by Gasteiger charge is -2.14. The highest BCUT2D eigenvalue weighted by Crippen LogP contribution is 2.26. The molecule has 0 saturated carbocycles. The predicted octanol–water partition coefficient (Wildman–Crippen LogP) is 2.45. The number of benzene rings is 2. The highest BCUT2D eigenvalue weighted by molar-refractivity contribution is 9.10. The Hall–Kier alpha value is -1.47. The minimum Gasteiger partial charge on any atom is -0.389 e. The Morgan fingerprint density at radius 1 is 1.27 bits per heavy atom. The van der Waals surface area contributed by atoms with Crippen LogP contribution < -0.4 is 11.1 Å². The number of aliphatic hydroxyl groups excluding tert-OH is 1. The van der Waals surface area contributed by atoms with Crippen LogP contribution in [-0.2, 0) is 11.3 Å². The summed E-state index contributed by atoms with van der Waals surface area (Å²) in [5.41, 5.74) is 5.54. The first kappa shape index (κ1) is 16.9. The summed E-state index contributed by atoms with van der Waals surface area (Å²) in [7, 11) is 0. The lowest BCUT2D eigenvalue weighted by molar-refractivity contribution is -0.258. The lowest BCUT2D eigenvalue weighted by Crippen LogP contribution is -2.41. The van der Waals surface area contributed by atoms with E-state index < -0.39 is 6.10 Å². The van der Waals surface area contributed by atoms with Crippen LogP contribution in [0.3, 0.4) is 0 Å². The minimum absolute atomic E-state index is 0.204. The van der Waals surface area contributed by atoms with Gasteiger partial charge in [0.1, 0.15) is 0 Å². The van der Waals surface area contributed by atoms with Gasteiger partial charge in [0.25, 0.3) is 0 Å². The first-order chi connectivity index (χ1) is 10.6. The van der Waals surface area contributed by atoms with Gasteiger partial charge in [0.05, 0.1) is 25.0 Å². The number of aliphatic hydroxyl groups is 1. The van der Waals surface area contributed by atoms with E-state index in [4.69, 9.17) is 4.74 Å². The van der Waals surface area contributed by atoms with E-state index in [-0.39, 0.29) is 19.0 Å². The number of halogens is 2. The zero-order valence-corrected chi connectivity index (χ0v) is 13.6. The molecule has 2 rings (SSSR count). The maximum Gasteiger partial charge on any atom is 0.185 e. The highest BCUT2D eigenvalue weighted by Gasteiger charge is 2.10. The fourth-order valence-corrected chi connectivity index (χ4v) is 2.43. The van der Waals surface area contributed by atoms with Crippen LogP contribution in [0.4, 0.5) is 15.8 Å². The molecule has 0 spiro atoms. The van der Waals surface area contributed by atoms with Crippen LogP contribution in [0.15, 0.2) is 46.9 Å². The number of rotatable bonds is 7. The van der Waals surface area contributed by atoms with Crippen molar-refractivity contribution in [2.45, 2.75) is 12.7 Å². The molecule has 4 nitrogen and oxygen atoms in total. The zero-order chi connectivity index (χ0) is 15.9. The standard InChI is InChI=1S/C16H18BrFN2O2/c17-13-6-15(19)14(18)7-16(13)20-8-12(21)10-22-9-11-4-2-1-3-5-11/h1-7,12,20-21H,8-10,19H2/p+1/t12-/m1/s1.